The lowest BCUT2D eigenvalue weighted by atomic mass is 9.75. The van der Waals surface area contributed by atoms with E-state index in [1.165, 1.54) is 0 Å². The number of aromatic nitrogens is 1. The van der Waals surface area contributed by atoms with Crippen molar-refractivity contribution < 1.29 is 9.90 Å². The zero-order valence-corrected chi connectivity index (χ0v) is 14.6. The Hall–Kier alpha value is -2.24. The normalized spacial score (nSPS) is 20.8. The van der Waals surface area contributed by atoms with Crippen LogP contribution >= 0.6 is 11.3 Å². The summed E-state index contributed by atoms with van der Waals surface area (Å²) in [5.74, 6) is 0.266. The molecule has 1 amide bonds. The van der Waals surface area contributed by atoms with Crippen molar-refractivity contribution in [2.45, 2.75) is 31.4 Å². The molecule has 0 aliphatic heterocycles. The molecule has 0 unspecified atom stereocenters. The maximum Gasteiger partial charge on any atom is 0.224 e. The van der Waals surface area contributed by atoms with Crippen molar-refractivity contribution in [2.75, 3.05) is 0 Å². The fraction of sp³-hybridized carbons (Fsp3) is 0.300. The number of fused-ring (bicyclic) bond motifs is 1. The molecule has 2 heterocycles. The van der Waals surface area contributed by atoms with E-state index in [4.69, 9.17) is 0 Å². The molecular formula is C20H20N2O2S. The van der Waals surface area contributed by atoms with Crippen LogP contribution in [-0.4, -0.2) is 22.1 Å². The number of thiophene rings is 1. The summed E-state index contributed by atoms with van der Waals surface area (Å²) in [6.45, 7) is 0. The third-order valence-corrected chi connectivity index (χ3v) is 5.59. The largest absolute Gasteiger partial charge is 0.393 e. The van der Waals surface area contributed by atoms with Gasteiger partial charge in [-0.05, 0) is 58.8 Å². The molecule has 2 aromatic heterocycles. The van der Waals surface area contributed by atoms with Crippen LogP contribution in [0, 0.1) is 5.92 Å². The van der Waals surface area contributed by atoms with Gasteiger partial charge in [0.15, 0.2) is 0 Å². The van der Waals surface area contributed by atoms with Crippen molar-refractivity contribution in [3.05, 3.63) is 64.5 Å². The number of amides is 1. The van der Waals surface area contributed by atoms with Gasteiger partial charge < -0.3 is 10.4 Å². The van der Waals surface area contributed by atoms with Crippen molar-refractivity contribution in [3.8, 4) is 0 Å². The van der Waals surface area contributed by atoms with E-state index in [9.17, 15) is 9.90 Å². The van der Waals surface area contributed by atoms with Gasteiger partial charge in [-0.25, -0.2) is 0 Å². The number of rotatable bonds is 5. The van der Waals surface area contributed by atoms with E-state index in [1.807, 2.05) is 47.3 Å². The Balaban J connectivity index is 1.57. The van der Waals surface area contributed by atoms with Gasteiger partial charge >= 0.3 is 0 Å². The third-order valence-electron chi connectivity index (χ3n) is 4.85. The summed E-state index contributed by atoms with van der Waals surface area (Å²) in [6.07, 6.45) is 3.42. The minimum absolute atomic E-state index is 0.0120. The van der Waals surface area contributed by atoms with Crippen LogP contribution in [0.2, 0.25) is 0 Å². The van der Waals surface area contributed by atoms with Crippen LogP contribution < -0.4 is 5.32 Å². The predicted molar refractivity (Wildman–Crippen MR) is 99.4 cm³/mol. The Morgan fingerprint density at radius 3 is 2.92 bits per heavy atom. The van der Waals surface area contributed by atoms with Crippen molar-refractivity contribution in [1.29, 1.82) is 0 Å². The van der Waals surface area contributed by atoms with E-state index in [0.29, 0.717) is 6.42 Å². The van der Waals surface area contributed by atoms with Crippen molar-refractivity contribution in [3.63, 3.8) is 0 Å². The molecule has 0 saturated heterocycles. The molecule has 2 N–H and O–H groups in total. The van der Waals surface area contributed by atoms with Crippen LogP contribution in [0.5, 0.6) is 0 Å². The number of carbonyl (C=O) groups is 1. The molecular weight excluding hydrogens is 332 g/mol. The molecule has 1 fully saturated rings. The highest BCUT2D eigenvalue weighted by atomic mass is 32.1. The molecule has 1 aliphatic rings. The Bertz CT molecular complexity index is 872. The van der Waals surface area contributed by atoms with Crippen LogP contribution in [0.4, 0.5) is 0 Å². The van der Waals surface area contributed by atoms with Gasteiger partial charge in [-0.2, -0.15) is 11.3 Å². The SMILES string of the molecule is O=C(Cc1ccsc1)N[C@H](c1cnc2ccccc2c1)C1CC(O)C1. The zero-order chi connectivity index (χ0) is 17.2. The molecule has 0 radical (unpaired) electrons. The number of pyridine rings is 1. The fourth-order valence-electron chi connectivity index (χ4n) is 3.44. The Morgan fingerprint density at radius 2 is 2.16 bits per heavy atom. The summed E-state index contributed by atoms with van der Waals surface area (Å²) in [5, 5.41) is 17.9. The molecule has 1 aromatic carbocycles. The second-order valence-electron chi connectivity index (χ2n) is 6.70. The molecule has 5 heteroatoms. The zero-order valence-electron chi connectivity index (χ0n) is 13.8. The number of carbonyl (C=O) groups excluding carboxylic acids is 1. The predicted octanol–water partition coefficient (Wildman–Crippen LogP) is 3.47. The number of para-hydroxylation sites is 1. The third kappa shape index (κ3) is 3.57. The molecule has 128 valence electrons. The molecule has 4 nitrogen and oxygen atoms in total. The average molecular weight is 352 g/mol. The molecule has 1 atom stereocenters. The minimum atomic E-state index is -0.255. The van der Waals surface area contributed by atoms with E-state index < -0.39 is 0 Å². The van der Waals surface area contributed by atoms with Gasteiger partial charge in [0.05, 0.1) is 24.1 Å². The number of nitrogens with zero attached hydrogens (tertiary/aromatic N) is 1. The standard InChI is InChI=1S/C20H20N2O2S/c23-17-9-15(10-17)20(22-19(24)7-13-5-6-25-12-13)16-8-14-3-1-2-4-18(14)21-11-16/h1-6,8,11-12,15,17,20,23H,7,9-10H2,(H,22,24)/t15?,17?,20-/m0/s1. The number of nitrogens with one attached hydrogen (secondary N) is 1. The van der Waals surface area contributed by atoms with Crippen molar-refractivity contribution in [2.24, 2.45) is 5.92 Å². The molecule has 25 heavy (non-hydrogen) atoms. The van der Waals surface area contributed by atoms with Gasteiger partial charge in [-0.1, -0.05) is 18.2 Å². The van der Waals surface area contributed by atoms with Gasteiger partial charge in [0.1, 0.15) is 0 Å². The highest BCUT2D eigenvalue weighted by Gasteiger charge is 2.35. The Morgan fingerprint density at radius 1 is 1.32 bits per heavy atom. The Kier molecular flexibility index (Phi) is 4.51. The monoisotopic (exact) mass is 352 g/mol. The summed E-state index contributed by atoms with van der Waals surface area (Å²) in [5.41, 5.74) is 2.99. The number of hydrogen-bond donors (Lipinski definition) is 2. The molecule has 0 spiro atoms. The second-order valence-corrected chi connectivity index (χ2v) is 7.48. The average Bonchev–Trinajstić information content (AvgIpc) is 3.09. The number of hydrogen-bond acceptors (Lipinski definition) is 4. The lowest BCUT2D eigenvalue weighted by molar-refractivity contribution is -0.122. The number of aliphatic hydroxyl groups is 1. The van der Waals surface area contributed by atoms with Gasteiger partial charge in [0, 0.05) is 11.6 Å². The molecule has 3 aromatic rings. The van der Waals surface area contributed by atoms with Gasteiger partial charge in [-0.3, -0.25) is 9.78 Å². The summed E-state index contributed by atoms with van der Waals surface area (Å²) in [7, 11) is 0. The second kappa shape index (κ2) is 6.94. The van der Waals surface area contributed by atoms with Crippen molar-refractivity contribution >= 4 is 28.1 Å². The van der Waals surface area contributed by atoms with Crippen LogP contribution in [-0.2, 0) is 11.2 Å². The molecule has 1 aliphatic carbocycles. The van der Waals surface area contributed by atoms with Crippen molar-refractivity contribution in [1.82, 2.24) is 10.3 Å². The summed E-state index contributed by atoms with van der Waals surface area (Å²) >= 11 is 1.60. The van der Waals surface area contributed by atoms with Gasteiger partial charge in [-0.15, -0.1) is 0 Å². The number of benzene rings is 1. The first kappa shape index (κ1) is 16.2. The lowest BCUT2D eigenvalue weighted by Crippen LogP contribution is -2.41. The van der Waals surface area contributed by atoms with E-state index in [-0.39, 0.29) is 24.0 Å². The van der Waals surface area contributed by atoms with E-state index >= 15 is 0 Å². The van der Waals surface area contributed by atoms with Crippen LogP contribution in [0.15, 0.2) is 53.4 Å². The first-order chi connectivity index (χ1) is 12.2. The van der Waals surface area contributed by atoms with Gasteiger partial charge in [0.2, 0.25) is 5.91 Å². The van der Waals surface area contributed by atoms with Gasteiger partial charge in [0.25, 0.3) is 0 Å². The van der Waals surface area contributed by atoms with Crippen LogP contribution in [0.1, 0.15) is 30.0 Å². The maximum atomic E-state index is 12.5. The van der Waals surface area contributed by atoms with E-state index in [0.717, 1.165) is 34.9 Å². The lowest BCUT2D eigenvalue weighted by Gasteiger charge is -2.38. The highest BCUT2D eigenvalue weighted by molar-refractivity contribution is 7.08. The Labute approximate surface area is 150 Å². The van der Waals surface area contributed by atoms with E-state index in [2.05, 4.69) is 16.4 Å². The fourth-order valence-corrected chi connectivity index (χ4v) is 4.11. The van der Waals surface area contributed by atoms with Crippen LogP contribution in [0.3, 0.4) is 0 Å². The highest BCUT2D eigenvalue weighted by Crippen LogP contribution is 2.38. The summed E-state index contributed by atoms with van der Waals surface area (Å²) < 4.78 is 0. The quantitative estimate of drug-likeness (QED) is 0.739. The summed E-state index contributed by atoms with van der Waals surface area (Å²) in [6, 6.07) is 11.9. The van der Waals surface area contributed by atoms with Crippen LogP contribution in [0.25, 0.3) is 10.9 Å². The molecule has 4 rings (SSSR count). The first-order valence-electron chi connectivity index (χ1n) is 8.52. The first-order valence-corrected chi connectivity index (χ1v) is 9.46. The topological polar surface area (TPSA) is 62.2 Å². The van der Waals surface area contributed by atoms with E-state index in [1.54, 1.807) is 11.3 Å². The minimum Gasteiger partial charge on any atom is -0.393 e. The molecule has 1 saturated carbocycles. The number of aliphatic hydroxyl groups excluding tert-OH is 1. The summed E-state index contributed by atoms with van der Waals surface area (Å²) in [4.78, 5) is 17.0. The maximum absolute atomic E-state index is 12.5. The smallest absolute Gasteiger partial charge is 0.224 e. The molecule has 0 bridgehead atoms.